The van der Waals surface area contributed by atoms with Crippen molar-refractivity contribution in [1.29, 1.82) is 0 Å². The molecule has 1 atom stereocenters. The van der Waals surface area contributed by atoms with Crippen molar-refractivity contribution in [3.05, 3.63) is 22.2 Å². The predicted octanol–water partition coefficient (Wildman–Crippen LogP) is 1.25. The molecule has 0 radical (unpaired) electrons. The van der Waals surface area contributed by atoms with Crippen molar-refractivity contribution in [2.45, 2.75) is 17.4 Å². The van der Waals surface area contributed by atoms with E-state index in [2.05, 4.69) is 4.72 Å². The monoisotopic (exact) mass is 342 g/mol. The van der Waals surface area contributed by atoms with Gasteiger partial charge in [0.1, 0.15) is 4.90 Å². The zero-order valence-corrected chi connectivity index (χ0v) is 13.1. The molecule has 1 aromatic carbocycles. The van der Waals surface area contributed by atoms with Crippen LogP contribution in [-0.4, -0.2) is 39.9 Å². The molecular weight excluding hydrogens is 327 g/mol. The van der Waals surface area contributed by atoms with Gasteiger partial charge in [-0.3, -0.25) is 0 Å². The number of hydrogen-bond acceptors (Lipinski definition) is 5. The lowest BCUT2D eigenvalue weighted by molar-refractivity contribution is 0.0603. The highest BCUT2D eigenvalue weighted by atomic mass is 35.5. The molecule has 0 fully saturated rings. The number of halogens is 2. The molecule has 0 heterocycles. The standard InChI is InChI=1S/C11H16Cl2N2O4S/c1-19-6-8(16)2-3-15-20(17,18)11-9(12)4-7(14)5-10(11)13/h4-5,8,15-16H,2-3,6,14H2,1H3. The molecule has 4 N–H and O–H groups in total. The Morgan fingerprint density at radius 3 is 2.45 bits per heavy atom. The molecule has 1 rings (SSSR count). The van der Waals surface area contributed by atoms with Gasteiger partial charge in [-0.1, -0.05) is 23.2 Å². The van der Waals surface area contributed by atoms with E-state index in [0.29, 0.717) is 0 Å². The summed E-state index contributed by atoms with van der Waals surface area (Å²) in [5.41, 5.74) is 5.79. The summed E-state index contributed by atoms with van der Waals surface area (Å²) in [6.07, 6.45) is -0.544. The molecule has 0 amide bonds. The second-order valence-corrected chi connectivity index (χ2v) is 6.63. The SMILES string of the molecule is COCC(O)CCNS(=O)(=O)c1c(Cl)cc(N)cc1Cl. The third kappa shape index (κ3) is 4.76. The Hall–Kier alpha value is -0.570. The third-order valence-electron chi connectivity index (χ3n) is 2.42. The van der Waals surface area contributed by atoms with Gasteiger partial charge < -0.3 is 15.6 Å². The highest BCUT2D eigenvalue weighted by Crippen LogP contribution is 2.31. The van der Waals surface area contributed by atoms with E-state index in [1.54, 1.807) is 0 Å². The summed E-state index contributed by atoms with van der Waals surface area (Å²) in [6, 6.07) is 2.61. The van der Waals surface area contributed by atoms with Crippen LogP contribution in [0.4, 0.5) is 5.69 Å². The number of rotatable bonds is 7. The number of nitrogen functional groups attached to an aromatic ring is 1. The Kier molecular flexibility index (Phi) is 6.50. The van der Waals surface area contributed by atoms with Gasteiger partial charge in [0.25, 0.3) is 0 Å². The predicted molar refractivity (Wildman–Crippen MR) is 78.6 cm³/mol. The van der Waals surface area contributed by atoms with Crippen LogP contribution in [0.3, 0.4) is 0 Å². The number of ether oxygens (including phenoxy) is 1. The van der Waals surface area contributed by atoms with Crippen molar-refractivity contribution in [2.24, 2.45) is 0 Å². The number of sulfonamides is 1. The Morgan fingerprint density at radius 2 is 1.95 bits per heavy atom. The summed E-state index contributed by atoms with van der Waals surface area (Å²) < 4.78 is 31.2. The van der Waals surface area contributed by atoms with E-state index in [0.717, 1.165) is 0 Å². The number of anilines is 1. The van der Waals surface area contributed by atoms with Crippen LogP contribution in [0.2, 0.25) is 10.0 Å². The van der Waals surface area contributed by atoms with Gasteiger partial charge in [-0.2, -0.15) is 0 Å². The van der Waals surface area contributed by atoms with Crippen LogP contribution >= 0.6 is 23.2 Å². The molecule has 0 aliphatic heterocycles. The van der Waals surface area contributed by atoms with Crippen LogP contribution in [-0.2, 0) is 14.8 Å². The Balaban J connectivity index is 2.80. The molecular formula is C11H16Cl2N2O4S. The van der Waals surface area contributed by atoms with Crippen molar-refractivity contribution in [2.75, 3.05) is 26.0 Å². The lowest BCUT2D eigenvalue weighted by Crippen LogP contribution is -2.29. The van der Waals surface area contributed by atoms with E-state index < -0.39 is 16.1 Å². The summed E-state index contributed by atoms with van der Waals surface area (Å²) in [4.78, 5) is -0.226. The average Bonchev–Trinajstić information content (AvgIpc) is 2.26. The van der Waals surface area contributed by atoms with Gasteiger partial charge in [-0.05, 0) is 18.6 Å². The fourth-order valence-corrected chi connectivity index (χ4v) is 3.82. The lowest BCUT2D eigenvalue weighted by atomic mass is 10.3. The van der Waals surface area contributed by atoms with E-state index in [1.807, 2.05) is 0 Å². The number of benzene rings is 1. The number of nitrogens with two attached hydrogens (primary N) is 1. The van der Waals surface area contributed by atoms with E-state index >= 15 is 0 Å². The first-order valence-corrected chi connectivity index (χ1v) is 7.93. The number of aliphatic hydroxyl groups excluding tert-OH is 1. The van der Waals surface area contributed by atoms with Crippen LogP contribution < -0.4 is 10.5 Å². The summed E-state index contributed by atoms with van der Waals surface area (Å²) >= 11 is 11.7. The molecule has 0 spiro atoms. The van der Waals surface area contributed by atoms with Crippen molar-refractivity contribution in [3.8, 4) is 0 Å². The second kappa shape index (κ2) is 7.44. The van der Waals surface area contributed by atoms with Crippen LogP contribution in [0.5, 0.6) is 0 Å². The van der Waals surface area contributed by atoms with Crippen LogP contribution in [0.25, 0.3) is 0 Å². The minimum Gasteiger partial charge on any atom is -0.399 e. The van der Waals surface area contributed by atoms with Crippen LogP contribution in [0, 0.1) is 0 Å². The minimum absolute atomic E-state index is 0.0316. The fourth-order valence-electron chi connectivity index (χ4n) is 1.54. The number of nitrogens with one attached hydrogen (secondary N) is 1. The smallest absolute Gasteiger partial charge is 0.243 e. The zero-order valence-electron chi connectivity index (χ0n) is 10.8. The normalized spacial score (nSPS) is 13.4. The highest BCUT2D eigenvalue weighted by Gasteiger charge is 2.22. The summed E-state index contributed by atoms with van der Waals surface area (Å²) in [6.45, 7) is 0.162. The fraction of sp³-hybridized carbons (Fsp3) is 0.455. The van der Waals surface area contributed by atoms with E-state index in [9.17, 15) is 13.5 Å². The lowest BCUT2D eigenvalue weighted by Gasteiger charge is -2.12. The molecule has 1 unspecified atom stereocenters. The minimum atomic E-state index is -3.87. The maximum Gasteiger partial charge on any atom is 0.243 e. The number of methoxy groups -OCH3 is 1. The molecule has 9 heteroatoms. The summed E-state index contributed by atoms with van der Waals surface area (Å²) in [5, 5.41) is 9.32. The summed E-state index contributed by atoms with van der Waals surface area (Å²) in [5.74, 6) is 0. The second-order valence-electron chi connectivity index (χ2n) is 4.11. The first-order chi connectivity index (χ1) is 9.27. The van der Waals surface area contributed by atoms with E-state index in [-0.39, 0.29) is 40.2 Å². The summed E-state index contributed by atoms with van der Waals surface area (Å²) in [7, 11) is -2.42. The van der Waals surface area contributed by atoms with Crippen molar-refractivity contribution < 1.29 is 18.3 Å². The van der Waals surface area contributed by atoms with Gasteiger partial charge in [-0.15, -0.1) is 0 Å². The molecule has 0 saturated heterocycles. The van der Waals surface area contributed by atoms with E-state index in [4.69, 9.17) is 33.7 Å². The van der Waals surface area contributed by atoms with Gasteiger partial charge in [0.2, 0.25) is 10.0 Å². The largest absolute Gasteiger partial charge is 0.399 e. The quantitative estimate of drug-likeness (QED) is 0.647. The molecule has 1 aromatic rings. The van der Waals surface area contributed by atoms with Gasteiger partial charge in [0.15, 0.2) is 0 Å². The molecule has 20 heavy (non-hydrogen) atoms. The molecule has 114 valence electrons. The van der Waals surface area contributed by atoms with Crippen LogP contribution in [0.15, 0.2) is 17.0 Å². The number of hydrogen-bond donors (Lipinski definition) is 3. The van der Waals surface area contributed by atoms with Gasteiger partial charge in [0.05, 0.1) is 22.8 Å². The number of aliphatic hydroxyl groups is 1. The molecule has 0 bridgehead atoms. The topological polar surface area (TPSA) is 102 Å². The molecule has 0 aliphatic carbocycles. The molecule has 0 saturated carbocycles. The first-order valence-electron chi connectivity index (χ1n) is 5.69. The molecule has 0 aromatic heterocycles. The Morgan fingerprint density at radius 1 is 1.40 bits per heavy atom. The first kappa shape index (κ1) is 17.5. The highest BCUT2D eigenvalue weighted by molar-refractivity contribution is 7.89. The van der Waals surface area contributed by atoms with Gasteiger partial charge in [0, 0.05) is 19.3 Å². The average molecular weight is 343 g/mol. The Labute approximate surface area is 127 Å². The zero-order chi connectivity index (χ0) is 15.3. The van der Waals surface area contributed by atoms with E-state index in [1.165, 1.54) is 19.2 Å². The van der Waals surface area contributed by atoms with Gasteiger partial charge >= 0.3 is 0 Å². The van der Waals surface area contributed by atoms with Crippen molar-refractivity contribution >= 4 is 38.9 Å². The maximum atomic E-state index is 12.1. The van der Waals surface area contributed by atoms with Gasteiger partial charge in [-0.25, -0.2) is 13.1 Å². The van der Waals surface area contributed by atoms with Crippen molar-refractivity contribution in [1.82, 2.24) is 4.72 Å². The van der Waals surface area contributed by atoms with Crippen LogP contribution in [0.1, 0.15) is 6.42 Å². The molecule has 6 nitrogen and oxygen atoms in total. The molecule has 0 aliphatic rings. The third-order valence-corrected chi connectivity index (χ3v) is 4.80. The maximum absolute atomic E-state index is 12.1. The van der Waals surface area contributed by atoms with Crippen molar-refractivity contribution in [3.63, 3.8) is 0 Å². The Bertz CT molecular complexity index is 543.